The molecule has 0 N–H and O–H groups in total. The van der Waals surface area contributed by atoms with Gasteiger partial charge in [0.1, 0.15) is 6.61 Å². The number of carbonyl (C=O) groups excluding carboxylic acids is 2. The highest BCUT2D eigenvalue weighted by atomic mass is 16.6. The fourth-order valence-corrected chi connectivity index (χ4v) is 6.62. The predicted octanol–water partition coefficient (Wildman–Crippen LogP) is 17.2. The molecule has 0 aromatic rings. The summed E-state index contributed by atoms with van der Waals surface area (Å²) < 4.78 is 17.3. The average molecular weight is 859 g/mol. The molecule has 0 saturated heterocycles. The number of ether oxygens (including phenoxy) is 3. The van der Waals surface area contributed by atoms with Crippen LogP contribution < -0.4 is 0 Å². The van der Waals surface area contributed by atoms with E-state index >= 15 is 0 Å². The smallest absolute Gasteiger partial charge is 0.306 e. The van der Waals surface area contributed by atoms with Gasteiger partial charge in [-0.1, -0.05) is 220 Å². The van der Waals surface area contributed by atoms with Crippen molar-refractivity contribution in [2.45, 2.75) is 219 Å². The highest BCUT2D eigenvalue weighted by Gasteiger charge is 2.17. The summed E-state index contributed by atoms with van der Waals surface area (Å²) in [5.74, 6) is -0.468. The Hall–Kier alpha value is -3.44. The molecule has 1 atom stereocenters. The SMILES string of the molecule is CC/C=C\C/C=C\C/C=C\C/C=C\C/C=C\CCOCC(COC(=O)CCCCCC/C=C\C/C=C\C/C=C\C/C=C\CC)OC(=O)CCCCCCCCCCCCCCC. The molecule has 0 heterocycles. The lowest BCUT2D eigenvalue weighted by Crippen LogP contribution is -2.30. The van der Waals surface area contributed by atoms with E-state index < -0.39 is 6.10 Å². The molecule has 0 fully saturated rings. The van der Waals surface area contributed by atoms with Crippen LogP contribution in [0.15, 0.2) is 109 Å². The van der Waals surface area contributed by atoms with E-state index in [4.69, 9.17) is 14.2 Å². The van der Waals surface area contributed by atoms with Crippen LogP contribution in [0, 0.1) is 0 Å². The Balaban J connectivity index is 4.43. The van der Waals surface area contributed by atoms with Crippen LogP contribution in [-0.4, -0.2) is 37.9 Å². The molecule has 5 nitrogen and oxygen atoms in total. The zero-order valence-electron chi connectivity index (χ0n) is 40.3. The van der Waals surface area contributed by atoms with Gasteiger partial charge in [-0.05, 0) is 89.9 Å². The molecule has 0 spiro atoms. The molecule has 0 aliphatic rings. The van der Waals surface area contributed by atoms with E-state index in [9.17, 15) is 9.59 Å². The average Bonchev–Trinajstić information content (AvgIpc) is 3.27. The molecule has 0 aliphatic heterocycles. The predicted molar refractivity (Wildman–Crippen MR) is 269 cm³/mol. The molecule has 0 radical (unpaired) electrons. The van der Waals surface area contributed by atoms with E-state index in [0.717, 1.165) is 116 Å². The third-order valence-electron chi connectivity index (χ3n) is 10.3. The largest absolute Gasteiger partial charge is 0.462 e. The molecule has 0 amide bonds. The number of hydrogen-bond acceptors (Lipinski definition) is 5. The molecule has 0 aromatic carbocycles. The van der Waals surface area contributed by atoms with Crippen molar-refractivity contribution >= 4 is 11.9 Å². The van der Waals surface area contributed by atoms with Gasteiger partial charge in [-0.3, -0.25) is 9.59 Å². The summed E-state index contributed by atoms with van der Waals surface area (Å²) in [5, 5.41) is 0. The Morgan fingerprint density at radius 1 is 0.371 bits per heavy atom. The molecule has 352 valence electrons. The Bertz CT molecular complexity index is 1250. The number of rotatable bonds is 45. The van der Waals surface area contributed by atoms with E-state index in [2.05, 4.69) is 130 Å². The summed E-state index contributed by atoms with van der Waals surface area (Å²) in [6, 6.07) is 0. The Labute approximate surface area is 383 Å². The van der Waals surface area contributed by atoms with E-state index in [1.54, 1.807) is 0 Å². The van der Waals surface area contributed by atoms with Gasteiger partial charge in [0.15, 0.2) is 6.10 Å². The molecule has 0 bridgehead atoms. The number of carbonyl (C=O) groups is 2. The Morgan fingerprint density at radius 2 is 0.726 bits per heavy atom. The van der Waals surface area contributed by atoms with Gasteiger partial charge in [0.05, 0.1) is 13.2 Å². The van der Waals surface area contributed by atoms with Crippen molar-refractivity contribution in [3.8, 4) is 0 Å². The van der Waals surface area contributed by atoms with Gasteiger partial charge in [-0.2, -0.15) is 0 Å². The fourth-order valence-electron chi connectivity index (χ4n) is 6.62. The molecule has 5 heteroatoms. The molecular weight excluding hydrogens is 765 g/mol. The molecular formula is C57H94O5. The molecule has 0 rings (SSSR count). The van der Waals surface area contributed by atoms with Crippen LogP contribution in [0.25, 0.3) is 0 Å². The molecule has 1 unspecified atom stereocenters. The number of unbranched alkanes of at least 4 members (excludes halogenated alkanes) is 16. The van der Waals surface area contributed by atoms with Gasteiger partial charge < -0.3 is 14.2 Å². The summed E-state index contributed by atoms with van der Waals surface area (Å²) in [4.78, 5) is 25.4. The van der Waals surface area contributed by atoms with Crippen LogP contribution in [0.5, 0.6) is 0 Å². The van der Waals surface area contributed by atoms with Crippen molar-refractivity contribution in [1.29, 1.82) is 0 Å². The maximum atomic E-state index is 12.8. The van der Waals surface area contributed by atoms with Gasteiger partial charge in [0.2, 0.25) is 0 Å². The van der Waals surface area contributed by atoms with Gasteiger partial charge in [0, 0.05) is 12.8 Å². The third kappa shape index (κ3) is 49.2. The highest BCUT2D eigenvalue weighted by molar-refractivity contribution is 5.70. The van der Waals surface area contributed by atoms with E-state index in [0.29, 0.717) is 19.4 Å². The Morgan fingerprint density at radius 3 is 1.16 bits per heavy atom. The van der Waals surface area contributed by atoms with Crippen LogP contribution in [0.2, 0.25) is 0 Å². The lowest BCUT2D eigenvalue weighted by Gasteiger charge is -2.18. The molecule has 0 aliphatic carbocycles. The van der Waals surface area contributed by atoms with Crippen molar-refractivity contribution in [2.75, 3.05) is 19.8 Å². The number of esters is 2. The van der Waals surface area contributed by atoms with Gasteiger partial charge in [0.25, 0.3) is 0 Å². The number of allylic oxidation sites excluding steroid dienone is 17. The summed E-state index contributed by atoms with van der Waals surface area (Å²) in [6.45, 7) is 7.36. The first-order valence-corrected chi connectivity index (χ1v) is 25.4. The van der Waals surface area contributed by atoms with Crippen LogP contribution in [-0.2, 0) is 23.8 Å². The second kappa shape index (κ2) is 51.9. The summed E-state index contributed by atoms with van der Waals surface area (Å²) >= 11 is 0. The van der Waals surface area contributed by atoms with Crippen molar-refractivity contribution < 1.29 is 23.8 Å². The quantitative estimate of drug-likeness (QED) is 0.0347. The summed E-state index contributed by atoms with van der Waals surface area (Å²) in [5.41, 5.74) is 0. The monoisotopic (exact) mass is 859 g/mol. The maximum absolute atomic E-state index is 12.8. The van der Waals surface area contributed by atoms with E-state index in [1.165, 1.54) is 64.2 Å². The van der Waals surface area contributed by atoms with Crippen molar-refractivity contribution in [1.82, 2.24) is 0 Å². The minimum atomic E-state index is -0.590. The Kier molecular flexibility index (Phi) is 49.0. The third-order valence-corrected chi connectivity index (χ3v) is 10.3. The zero-order valence-corrected chi connectivity index (χ0v) is 40.3. The summed E-state index contributed by atoms with van der Waals surface area (Å²) in [6.07, 6.45) is 71.1. The van der Waals surface area contributed by atoms with Gasteiger partial charge in [-0.25, -0.2) is 0 Å². The lowest BCUT2D eigenvalue weighted by atomic mass is 10.0. The summed E-state index contributed by atoms with van der Waals surface area (Å²) in [7, 11) is 0. The standard InChI is InChI=1S/C57H94O5/c1-4-7-10-13-16-19-22-25-27-29-30-33-35-38-41-44-47-50-56(58)61-54-55(62-57(59)51-48-45-42-39-36-32-24-21-18-15-12-9-6-3)53-60-52-49-46-43-40-37-34-31-28-26-23-20-17-14-11-8-5-2/h7-8,10-11,16-17,19-20,25-28,30,33-34,37,43,46,55H,4-6,9,12-15,18,21-24,29,31-32,35-36,38-42,44-45,47-54H2,1-3H3/b10-7-,11-8-,19-16-,20-17-,27-25-,28-26-,33-30-,37-34-,46-43-. The van der Waals surface area contributed by atoms with Crippen molar-refractivity contribution in [3.63, 3.8) is 0 Å². The number of hydrogen-bond donors (Lipinski definition) is 0. The van der Waals surface area contributed by atoms with Crippen LogP contribution in [0.3, 0.4) is 0 Å². The minimum Gasteiger partial charge on any atom is -0.462 e. The van der Waals surface area contributed by atoms with Gasteiger partial charge >= 0.3 is 11.9 Å². The topological polar surface area (TPSA) is 61.8 Å². The normalized spacial score (nSPS) is 13.1. The first-order valence-electron chi connectivity index (χ1n) is 25.4. The maximum Gasteiger partial charge on any atom is 0.306 e. The second-order valence-electron chi connectivity index (χ2n) is 16.3. The molecule has 62 heavy (non-hydrogen) atoms. The van der Waals surface area contributed by atoms with E-state index in [-0.39, 0.29) is 25.2 Å². The van der Waals surface area contributed by atoms with Gasteiger partial charge in [-0.15, -0.1) is 0 Å². The zero-order chi connectivity index (χ0) is 44.9. The first-order chi connectivity index (χ1) is 30.6. The fraction of sp³-hybridized carbons (Fsp3) is 0.649. The molecule has 0 saturated carbocycles. The molecule has 0 aromatic heterocycles. The first kappa shape index (κ1) is 58.6. The van der Waals surface area contributed by atoms with Crippen LogP contribution in [0.4, 0.5) is 0 Å². The van der Waals surface area contributed by atoms with Crippen LogP contribution >= 0.6 is 0 Å². The second-order valence-corrected chi connectivity index (χ2v) is 16.3. The lowest BCUT2D eigenvalue weighted by molar-refractivity contribution is -0.162. The van der Waals surface area contributed by atoms with Crippen LogP contribution in [0.1, 0.15) is 213 Å². The minimum absolute atomic E-state index is 0.0384. The highest BCUT2D eigenvalue weighted by Crippen LogP contribution is 2.14. The van der Waals surface area contributed by atoms with E-state index in [1.807, 2.05) is 0 Å². The van der Waals surface area contributed by atoms with Crippen molar-refractivity contribution in [3.05, 3.63) is 109 Å². The van der Waals surface area contributed by atoms with Crippen molar-refractivity contribution in [2.24, 2.45) is 0 Å².